The number of nitrogens with one attached hydrogen (secondary N) is 2. The van der Waals surface area contributed by atoms with Crippen LogP contribution in [0.3, 0.4) is 0 Å². The van der Waals surface area contributed by atoms with Crippen molar-refractivity contribution >= 4 is 17.4 Å². The summed E-state index contributed by atoms with van der Waals surface area (Å²) < 4.78 is 0. The second-order valence-electron chi connectivity index (χ2n) is 6.75. The number of hydrogen-bond donors (Lipinski definition) is 2. The third-order valence-electron chi connectivity index (χ3n) is 4.77. The summed E-state index contributed by atoms with van der Waals surface area (Å²) in [5, 5.41) is 22.2. The maximum Gasteiger partial charge on any atom is 0.269 e. The van der Waals surface area contributed by atoms with Crippen molar-refractivity contribution in [2.45, 2.75) is 38.9 Å². The lowest BCUT2D eigenvalue weighted by Crippen LogP contribution is -2.43. The van der Waals surface area contributed by atoms with Gasteiger partial charge < -0.3 is 10.2 Å². The van der Waals surface area contributed by atoms with Gasteiger partial charge in [0.15, 0.2) is 0 Å². The van der Waals surface area contributed by atoms with Gasteiger partial charge in [0.1, 0.15) is 5.84 Å². The van der Waals surface area contributed by atoms with Crippen LogP contribution in [-0.4, -0.2) is 27.6 Å². The van der Waals surface area contributed by atoms with Crippen molar-refractivity contribution in [3.8, 4) is 0 Å². The summed E-state index contributed by atoms with van der Waals surface area (Å²) in [5.41, 5.74) is 3.10. The molecule has 0 spiro atoms. The average Bonchev–Trinajstić information content (AvgIpc) is 3.02. The summed E-state index contributed by atoms with van der Waals surface area (Å²) in [5.74, 6) is 0.323. The summed E-state index contributed by atoms with van der Waals surface area (Å²) in [7, 11) is 0. The summed E-state index contributed by atoms with van der Waals surface area (Å²) in [4.78, 5) is 24.3. The molecule has 7 nitrogen and oxygen atoms in total. The van der Waals surface area contributed by atoms with Gasteiger partial charge in [-0.15, -0.1) is 0 Å². The Morgan fingerprint density at radius 3 is 2.44 bits per heavy atom. The smallest absolute Gasteiger partial charge is 0.269 e. The number of amidine groups is 1. The van der Waals surface area contributed by atoms with Crippen LogP contribution < -0.4 is 5.32 Å². The number of amides is 1. The zero-order valence-electron chi connectivity index (χ0n) is 15.1. The van der Waals surface area contributed by atoms with E-state index in [4.69, 9.17) is 5.41 Å². The van der Waals surface area contributed by atoms with Crippen molar-refractivity contribution < 1.29 is 9.72 Å². The minimum atomic E-state index is -0.446. The van der Waals surface area contributed by atoms with Gasteiger partial charge in [-0.3, -0.25) is 20.3 Å². The van der Waals surface area contributed by atoms with Crippen molar-refractivity contribution in [1.82, 2.24) is 10.2 Å². The highest BCUT2D eigenvalue weighted by molar-refractivity contribution is 5.92. The molecule has 2 aromatic rings. The molecule has 1 atom stereocenters. The van der Waals surface area contributed by atoms with Gasteiger partial charge in [0.2, 0.25) is 5.91 Å². The molecule has 2 aromatic carbocycles. The molecule has 140 valence electrons. The Balaban J connectivity index is 1.63. The molecule has 27 heavy (non-hydrogen) atoms. The first-order valence-electron chi connectivity index (χ1n) is 8.84. The van der Waals surface area contributed by atoms with Crippen LogP contribution in [0.15, 0.2) is 48.5 Å². The number of hydrogen-bond acceptors (Lipinski definition) is 4. The summed E-state index contributed by atoms with van der Waals surface area (Å²) in [6, 6.07) is 14.0. The molecule has 1 aliphatic heterocycles. The van der Waals surface area contributed by atoms with Gasteiger partial charge in [-0.2, -0.15) is 0 Å². The molecule has 1 unspecified atom stereocenters. The van der Waals surface area contributed by atoms with Crippen molar-refractivity contribution in [3.63, 3.8) is 0 Å². The summed E-state index contributed by atoms with van der Waals surface area (Å²) in [6.07, 6.45) is 1.01. The highest BCUT2D eigenvalue weighted by atomic mass is 16.6. The van der Waals surface area contributed by atoms with Gasteiger partial charge in [-0.05, 0) is 24.5 Å². The maximum atomic E-state index is 12.3. The van der Waals surface area contributed by atoms with Crippen molar-refractivity contribution in [3.05, 3.63) is 75.3 Å². The standard InChI is InChI=1S/C20H22N4O3/c1-14-2-4-15(5-3-14)12-22-20(21)18-10-11-19(25)23(18)13-16-6-8-17(9-7-16)24(26)27/h2-9,18H,10-13H2,1H3,(H2,21,22). The minimum absolute atomic E-state index is 0.000221. The Morgan fingerprint density at radius 1 is 1.19 bits per heavy atom. The fourth-order valence-corrected chi connectivity index (χ4v) is 3.17. The number of carbonyl (C=O) groups is 1. The topological polar surface area (TPSA) is 99.3 Å². The van der Waals surface area contributed by atoms with E-state index in [0.717, 1.165) is 11.1 Å². The first kappa shape index (κ1) is 18.6. The van der Waals surface area contributed by atoms with Crippen LogP contribution in [0.1, 0.15) is 29.5 Å². The lowest BCUT2D eigenvalue weighted by Gasteiger charge is -2.26. The Hall–Kier alpha value is -3.22. The van der Waals surface area contributed by atoms with E-state index >= 15 is 0 Å². The lowest BCUT2D eigenvalue weighted by molar-refractivity contribution is -0.384. The number of nitro groups is 1. The van der Waals surface area contributed by atoms with Gasteiger partial charge in [0.25, 0.3) is 5.69 Å². The number of nitro benzene ring substituents is 1. The largest absolute Gasteiger partial charge is 0.368 e. The van der Waals surface area contributed by atoms with E-state index in [0.29, 0.717) is 31.8 Å². The van der Waals surface area contributed by atoms with Crippen LogP contribution in [0, 0.1) is 22.4 Å². The first-order chi connectivity index (χ1) is 12.9. The molecule has 0 radical (unpaired) electrons. The molecule has 0 saturated carbocycles. The second-order valence-corrected chi connectivity index (χ2v) is 6.75. The Bertz CT molecular complexity index is 847. The molecular weight excluding hydrogens is 344 g/mol. The zero-order chi connectivity index (χ0) is 19.4. The van der Waals surface area contributed by atoms with E-state index < -0.39 is 4.92 Å². The third kappa shape index (κ3) is 4.49. The van der Waals surface area contributed by atoms with Crippen molar-refractivity contribution in [2.75, 3.05) is 0 Å². The van der Waals surface area contributed by atoms with Crippen LogP contribution in [0.4, 0.5) is 5.69 Å². The number of non-ortho nitro benzene ring substituents is 1. The zero-order valence-corrected chi connectivity index (χ0v) is 15.1. The fraction of sp³-hybridized carbons (Fsp3) is 0.300. The average molecular weight is 366 g/mol. The number of rotatable bonds is 6. The van der Waals surface area contributed by atoms with E-state index in [1.807, 2.05) is 31.2 Å². The first-order valence-corrected chi connectivity index (χ1v) is 8.84. The Morgan fingerprint density at radius 2 is 1.81 bits per heavy atom. The van der Waals surface area contributed by atoms with Gasteiger partial charge in [-0.25, -0.2) is 0 Å². The van der Waals surface area contributed by atoms with Crippen LogP contribution in [0.5, 0.6) is 0 Å². The van der Waals surface area contributed by atoms with Crippen molar-refractivity contribution in [1.29, 1.82) is 5.41 Å². The Kier molecular flexibility index (Phi) is 5.49. The van der Waals surface area contributed by atoms with Crippen molar-refractivity contribution in [2.24, 2.45) is 0 Å². The van der Waals surface area contributed by atoms with E-state index in [1.54, 1.807) is 17.0 Å². The molecule has 1 heterocycles. The molecule has 1 aliphatic rings. The molecule has 1 fully saturated rings. The highest BCUT2D eigenvalue weighted by Gasteiger charge is 2.33. The third-order valence-corrected chi connectivity index (χ3v) is 4.77. The van der Waals surface area contributed by atoms with Crippen LogP contribution in [-0.2, 0) is 17.9 Å². The minimum Gasteiger partial charge on any atom is -0.368 e. The quantitative estimate of drug-likeness (QED) is 0.355. The second kappa shape index (κ2) is 7.99. The molecule has 1 saturated heterocycles. The van der Waals surface area contributed by atoms with E-state index in [9.17, 15) is 14.9 Å². The molecule has 7 heteroatoms. The fourth-order valence-electron chi connectivity index (χ4n) is 3.17. The number of aryl methyl sites for hydroxylation is 1. The molecular formula is C20H22N4O3. The predicted molar refractivity (Wildman–Crippen MR) is 102 cm³/mol. The van der Waals surface area contributed by atoms with Gasteiger partial charge in [0.05, 0.1) is 11.0 Å². The van der Waals surface area contributed by atoms with Crippen LogP contribution in [0.2, 0.25) is 0 Å². The van der Waals surface area contributed by atoms with Crippen LogP contribution in [0.25, 0.3) is 0 Å². The number of nitrogens with zero attached hydrogens (tertiary/aromatic N) is 2. The number of likely N-dealkylation sites (tertiary alicyclic amines) is 1. The molecule has 0 bridgehead atoms. The van der Waals surface area contributed by atoms with E-state index in [-0.39, 0.29) is 17.6 Å². The number of benzene rings is 2. The lowest BCUT2D eigenvalue weighted by atomic mass is 10.1. The van der Waals surface area contributed by atoms with Crippen LogP contribution >= 0.6 is 0 Å². The number of carbonyl (C=O) groups excluding carboxylic acids is 1. The normalized spacial score (nSPS) is 16.4. The predicted octanol–water partition coefficient (Wildman–Crippen LogP) is 3.16. The molecule has 3 rings (SSSR count). The SMILES string of the molecule is Cc1ccc(CNC(=N)C2CCC(=O)N2Cc2ccc([N+](=O)[O-])cc2)cc1. The van der Waals surface area contributed by atoms with E-state index in [1.165, 1.54) is 17.7 Å². The van der Waals surface area contributed by atoms with Gasteiger partial charge in [0, 0.05) is 31.6 Å². The summed E-state index contributed by atoms with van der Waals surface area (Å²) in [6.45, 7) is 2.91. The molecule has 2 N–H and O–H groups in total. The highest BCUT2D eigenvalue weighted by Crippen LogP contribution is 2.23. The molecule has 0 aromatic heterocycles. The maximum absolute atomic E-state index is 12.3. The summed E-state index contributed by atoms with van der Waals surface area (Å²) >= 11 is 0. The van der Waals surface area contributed by atoms with Gasteiger partial charge >= 0.3 is 0 Å². The van der Waals surface area contributed by atoms with E-state index in [2.05, 4.69) is 5.32 Å². The Labute approximate surface area is 157 Å². The molecule has 1 amide bonds. The molecule has 0 aliphatic carbocycles. The van der Waals surface area contributed by atoms with Gasteiger partial charge in [-0.1, -0.05) is 42.0 Å². The monoisotopic (exact) mass is 366 g/mol.